The zero-order chi connectivity index (χ0) is 15.4. The van der Waals surface area contributed by atoms with Gasteiger partial charge in [-0.05, 0) is 31.0 Å². The number of carboxylic acids is 1. The lowest BCUT2D eigenvalue weighted by Crippen LogP contribution is -2.55. The number of carbonyl (C=O) groups is 2. The van der Waals surface area contributed by atoms with Gasteiger partial charge in [0, 0.05) is 25.0 Å². The van der Waals surface area contributed by atoms with E-state index in [9.17, 15) is 14.0 Å². The molecule has 1 unspecified atom stereocenters. The zero-order valence-corrected chi connectivity index (χ0v) is 11.9. The summed E-state index contributed by atoms with van der Waals surface area (Å²) in [6.07, 6.45) is 0.729. The molecule has 1 saturated heterocycles. The minimum absolute atomic E-state index is 0.0562. The van der Waals surface area contributed by atoms with Gasteiger partial charge in [-0.2, -0.15) is 0 Å². The minimum atomic E-state index is -0.829. The van der Waals surface area contributed by atoms with E-state index in [2.05, 4.69) is 5.32 Å². The SMILES string of the molecule is CC(Cc1ccc(F)cc1)NC(=O)N1CC(CC(=O)O)C1. The number of hydrogen-bond acceptors (Lipinski definition) is 2. The van der Waals surface area contributed by atoms with Gasteiger partial charge in [0.25, 0.3) is 0 Å². The van der Waals surface area contributed by atoms with E-state index in [4.69, 9.17) is 5.11 Å². The largest absolute Gasteiger partial charge is 0.481 e. The lowest BCUT2D eigenvalue weighted by molar-refractivity contribution is -0.139. The molecule has 1 atom stereocenters. The van der Waals surface area contributed by atoms with Crippen molar-refractivity contribution >= 4 is 12.0 Å². The second kappa shape index (κ2) is 6.56. The fourth-order valence-electron chi connectivity index (χ4n) is 2.44. The van der Waals surface area contributed by atoms with Crippen LogP contribution in [0.2, 0.25) is 0 Å². The van der Waals surface area contributed by atoms with E-state index >= 15 is 0 Å². The van der Waals surface area contributed by atoms with Gasteiger partial charge in [-0.25, -0.2) is 9.18 Å². The summed E-state index contributed by atoms with van der Waals surface area (Å²) in [6, 6.07) is 5.95. The van der Waals surface area contributed by atoms with Gasteiger partial charge in [-0.1, -0.05) is 12.1 Å². The number of hydrogen-bond donors (Lipinski definition) is 2. The molecule has 0 aliphatic carbocycles. The summed E-state index contributed by atoms with van der Waals surface area (Å²) < 4.78 is 12.8. The Morgan fingerprint density at radius 1 is 1.38 bits per heavy atom. The molecule has 2 rings (SSSR count). The zero-order valence-electron chi connectivity index (χ0n) is 11.9. The third-order valence-electron chi connectivity index (χ3n) is 3.53. The third kappa shape index (κ3) is 4.44. The van der Waals surface area contributed by atoms with Crippen LogP contribution in [0.3, 0.4) is 0 Å². The Balaban J connectivity index is 1.73. The van der Waals surface area contributed by atoms with Crippen LogP contribution in [0.15, 0.2) is 24.3 Å². The van der Waals surface area contributed by atoms with E-state index in [1.54, 1.807) is 17.0 Å². The van der Waals surface area contributed by atoms with Crippen LogP contribution >= 0.6 is 0 Å². The molecule has 1 aromatic rings. The van der Waals surface area contributed by atoms with Crippen LogP contribution < -0.4 is 5.32 Å². The van der Waals surface area contributed by atoms with E-state index in [1.165, 1.54) is 12.1 Å². The second-order valence-corrected chi connectivity index (χ2v) is 5.55. The number of carbonyl (C=O) groups excluding carboxylic acids is 1. The fraction of sp³-hybridized carbons (Fsp3) is 0.467. The lowest BCUT2D eigenvalue weighted by Gasteiger charge is -2.39. The summed E-state index contributed by atoms with van der Waals surface area (Å²) in [5, 5.41) is 11.5. The average molecular weight is 294 g/mol. The van der Waals surface area contributed by atoms with Crippen LogP contribution in [-0.4, -0.2) is 41.1 Å². The number of urea groups is 1. The highest BCUT2D eigenvalue weighted by Gasteiger charge is 2.32. The number of halogens is 1. The van der Waals surface area contributed by atoms with Crippen LogP contribution in [-0.2, 0) is 11.2 Å². The van der Waals surface area contributed by atoms with E-state index in [-0.39, 0.29) is 30.2 Å². The van der Waals surface area contributed by atoms with Crippen molar-refractivity contribution in [3.8, 4) is 0 Å². The number of likely N-dealkylation sites (tertiary alicyclic amines) is 1. The van der Waals surface area contributed by atoms with E-state index in [0.29, 0.717) is 19.5 Å². The van der Waals surface area contributed by atoms with E-state index in [0.717, 1.165) is 5.56 Å². The minimum Gasteiger partial charge on any atom is -0.481 e. The Labute approximate surface area is 122 Å². The Morgan fingerprint density at radius 3 is 2.57 bits per heavy atom. The molecule has 0 bridgehead atoms. The Morgan fingerprint density at radius 2 is 2.00 bits per heavy atom. The molecule has 0 aromatic heterocycles. The fourth-order valence-corrected chi connectivity index (χ4v) is 2.44. The number of amides is 2. The van der Waals surface area contributed by atoms with Crippen molar-refractivity contribution in [3.63, 3.8) is 0 Å². The van der Waals surface area contributed by atoms with Crippen molar-refractivity contribution in [1.29, 1.82) is 0 Å². The van der Waals surface area contributed by atoms with Crippen molar-refractivity contribution < 1.29 is 19.1 Å². The second-order valence-electron chi connectivity index (χ2n) is 5.55. The molecule has 0 saturated carbocycles. The average Bonchev–Trinajstić information content (AvgIpc) is 2.35. The van der Waals surface area contributed by atoms with Crippen molar-refractivity contribution in [3.05, 3.63) is 35.6 Å². The molecule has 5 nitrogen and oxygen atoms in total. The van der Waals surface area contributed by atoms with Gasteiger partial charge in [0.1, 0.15) is 5.82 Å². The maximum absolute atomic E-state index is 12.8. The van der Waals surface area contributed by atoms with Crippen LogP contribution in [0.1, 0.15) is 18.9 Å². The van der Waals surface area contributed by atoms with Crippen molar-refractivity contribution in [1.82, 2.24) is 10.2 Å². The van der Waals surface area contributed by atoms with Crippen LogP contribution in [0, 0.1) is 11.7 Å². The number of benzene rings is 1. The first kappa shape index (κ1) is 15.3. The highest BCUT2D eigenvalue weighted by Crippen LogP contribution is 2.19. The van der Waals surface area contributed by atoms with E-state index in [1.807, 2.05) is 6.92 Å². The van der Waals surface area contributed by atoms with Crippen LogP contribution in [0.5, 0.6) is 0 Å². The van der Waals surface area contributed by atoms with Gasteiger partial charge < -0.3 is 15.3 Å². The molecule has 1 fully saturated rings. The predicted molar refractivity (Wildman–Crippen MR) is 75.4 cm³/mol. The summed E-state index contributed by atoms with van der Waals surface area (Å²) in [5.41, 5.74) is 0.955. The molecular weight excluding hydrogens is 275 g/mol. The van der Waals surface area contributed by atoms with Crippen LogP contribution in [0.4, 0.5) is 9.18 Å². The molecule has 6 heteroatoms. The Bertz CT molecular complexity index is 512. The summed E-state index contributed by atoms with van der Waals surface area (Å²) in [5.74, 6) is -1.05. The molecule has 1 aliphatic heterocycles. The van der Waals surface area contributed by atoms with Crippen molar-refractivity contribution in [2.75, 3.05) is 13.1 Å². The van der Waals surface area contributed by atoms with Gasteiger partial charge in [-0.3, -0.25) is 4.79 Å². The monoisotopic (exact) mass is 294 g/mol. The molecule has 2 N–H and O–H groups in total. The first-order chi connectivity index (χ1) is 9.94. The number of carboxylic acid groups (broad SMARTS) is 1. The molecule has 21 heavy (non-hydrogen) atoms. The van der Waals surface area contributed by atoms with Gasteiger partial charge >= 0.3 is 12.0 Å². The number of aliphatic carboxylic acids is 1. The Kier molecular flexibility index (Phi) is 4.77. The number of rotatable bonds is 5. The summed E-state index contributed by atoms with van der Waals surface area (Å²) in [6.45, 7) is 2.86. The maximum Gasteiger partial charge on any atom is 0.317 e. The molecule has 1 aliphatic rings. The summed E-state index contributed by atoms with van der Waals surface area (Å²) >= 11 is 0. The summed E-state index contributed by atoms with van der Waals surface area (Å²) in [4.78, 5) is 24.1. The molecule has 0 radical (unpaired) electrons. The first-order valence-corrected chi connectivity index (χ1v) is 6.95. The molecule has 1 heterocycles. The smallest absolute Gasteiger partial charge is 0.317 e. The van der Waals surface area contributed by atoms with Crippen molar-refractivity contribution in [2.45, 2.75) is 25.8 Å². The molecular formula is C15H19FN2O3. The first-order valence-electron chi connectivity index (χ1n) is 6.95. The third-order valence-corrected chi connectivity index (χ3v) is 3.53. The topological polar surface area (TPSA) is 69.6 Å². The predicted octanol–water partition coefficient (Wildman–Crippen LogP) is 1.87. The van der Waals surface area contributed by atoms with Crippen molar-refractivity contribution in [2.24, 2.45) is 5.92 Å². The van der Waals surface area contributed by atoms with Gasteiger partial charge in [0.05, 0.1) is 6.42 Å². The summed E-state index contributed by atoms with van der Waals surface area (Å²) in [7, 11) is 0. The van der Waals surface area contributed by atoms with E-state index < -0.39 is 5.97 Å². The molecule has 1 aromatic carbocycles. The standard InChI is InChI=1S/C15H19FN2O3/c1-10(6-11-2-4-13(16)5-3-11)17-15(21)18-8-12(9-18)7-14(19)20/h2-5,10,12H,6-9H2,1H3,(H,17,21)(H,19,20). The van der Waals surface area contributed by atoms with Gasteiger partial charge in [0.2, 0.25) is 0 Å². The highest BCUT2D eigenvalue weighted by atomic mass is 19.1. The quantitative estimate of drug-likeness (QED) is 0.871. The molecule has 0 spiro atoms. The highest BCUT2D eigenvalue weighted by molar-refractivity contribution is 5.76. The van der Waals surface area contributed by atoms with Crippen LogP contribution in [0.25, 0.3) is 0 Å². The van der Waals surface area contributed by atoms with Gasteiger partial charge in [-0.15, -0.1) is 0 Å². The Hall–Kier alpha value is -2.11. The number of nitrogens with zero attached hydrogens (tertiary/aromatic N) is 1. The maximum atomic E-state index is 12.8. The normalized spacial score (nSPS) is 16.2. The molecule has 114 valence electrons. The lowest BCUT2D eigenvalue weighted by atomic mass is 9.97. The number of nitrogens with one attached hydrogen (secondary N) is 1. The van der Waals surface area contributed by atoms with Gasteiger partial charge in [0.15, 0.2) is 0 Å². The molecule has 2 amide bonds.